The molecule has 0 radical (unpaired) electrons. The number of fused-ring (bicyclic) bond motifs is 2. The molecule has 2 aliphatic heterocycles. The van der Waals surface area contributed by atoms with Gasteiger partial charge in [-0.2, -0.15) is 0 Å². The van der Waals surface area contributed by atoms with E-state index in [1.165, 1.54) is 16.7 Å². The molecule has 1 saturated carbocycles. The maximum Gasteiger partial charge on any atom is 0.322 e. The van der Waals surface area contributed by atoms with Gasteiger partial charge in [0.05, 0.1) is 5.92 Å². The van der Waals surface area contributed by atoms with Gasteiger partial charge in [0.25, 0.3) is 0 Å². The summed E-state index contributed by atoms with van der Waals surface area (Å²) in [5.41, 5.74) is 5.55. The second-order valence-corrected chi connectivity index (χ2v) is 10.9. The molecule has 3 aliphatic rings. The first kappa shape index (κ1) is 25.3. The summed E-state index contributed by atoms with van der Waals surface area (Å²) in [5.74, 6) is -0.562. The predicted octanol–water partition coefficient (Wildman–Crippen LogP) is 4.42. The standard InChI is InChI=1S/C30H38N4O3/c1-20-10-11-25(16-21(20)2)32-30(37)34-14-7-3-6-13-31-28(35)26-17-24(18-27(26)34)29(36)33-15-12-22-8-4-5-9-23(22)19-33/h4-5,8-11,16,24,26-27H,3,6-7,12-15,17-19H2,1-2H3,(H,31,35)(H,32,37)/t24-,26-,27+/m0/s1. The average Bonchev–Trinajstić information content (AvgIpc) is 3.34. The van der Waals surface area contributed by atoms with Gasteiger partial charge in [-0.1, -0.05) is 30.3 Å². The third kappa shape index (κ3) is 5.50. The number of carbonyl (C=O) groups excluding carboxylic acids is 3. The smallest absolute Gasteiger partial charge is 0.322 e. The fourth-order valence-electron chi connectivity index (χ4n) is 6.14. The Kier molecular flexibility index (Phi) is 7.49. The highest BCUT2D eigenvalue weighted by atomic mass is 16.2. The lowest BCUT2D eigenvalue weighted by molar-refractivity contribution is -0.136. The molecule has 4 amide bonds. The number of anilines is 1. The van der Waals surface area contributed by atoms with Crippen molar-refractivity contribution in [2.75, 3.05) is 25.0 Å². The highest BCUT2D eigenvalue weighted by Gasteiger charge is 2.46. The van der Waals surface area contributed by atoms with Crippen LogP contribution in [0, 0.1) is 25.7 Å². The van der Waals surface area contributed by atoms with Crippen LogP contribution in [0.1, 0.15) is 54.4 Å². The van der Waals surface area contributed by atoms with Crippen molar-refractivity contribution < 1.29 is 14.4 Å². The molecule has 37 heavy (non-hydrogen) atoms. The number of carbonyl (C=O) groups is 3. The van der Waals surface area contributed by atoms with E-state index in [1.54, 1.807) is 0 Å². The second kappa shape index (κ2) is 11.0. The van der Waals surface area contributed by atoms with E-state index >= 15 is 0 Å². The molecule has 0 bridgehead atoms. The fourth-order valence-corrected chi connectivity index (χ4v) is 6.14. The van der Waals surface area contributed by atoms with E-state index < -0.39 is 0 Å². The van der Waals surface area contributed by atoms with Crippen molar-refractivity contribution in [2.45, 2.75) is 65.0 Å². The average molecular weight is 503 g/mol. The van der Waals surface area contributed by atoms with E-state index in [2.05, 4.69) is 22.8 Å². The number of amides is 4. The number of rotatable bonds is 2. The highest BCUT2D eigenvalue weighted by molar-refractivity contribution is 5.91. The molecular formula is C30H38N4O3. The monoisotopic (exact) mass is 502 g/mol. The van der Waals surface area contributed by atoms with Gasteiger partial charge in [0, 0.05) is 43.8 Å². The SMILES string of the molecule is Cc1ccc(NC(=O)N2CCCCCNC(=O)[C@H]3C[C@H](C(=O)N4CCc5ccccc5C4)C[C@H]32)cc1C. The Morgan fingerprint density at radius 3 is 2.57 bits per heavy atom. The number of nitrogens with one attached hydrogen (secondary N) is 2. The van der Waals surface area contributed by atoms with Gasteiger partial charge < -0.3 is 20.4 Å². The van der Waals surface area contributed by atoms with E-state index in [1.807, 2.05) is 54.0 Å². The van der Waals surface area contributed by atoms with Crippen LogP contribution in [-0.2, 0) is 22.6 Å². The molecule has 196 valence electrons. The van der Waals surface area contributed by atoms with Crippen LogP contribution in [0.2, 0.25) is 0 Å². The predicted molar refractivity (Wildman–Crippen MR) is 144 cm³/mol. The molecule has 7 nitrogen and oxygen atoms in total. The third-order valence-electron chi connectivity index (χ3n) is 8.45. The summed E-state index contributed by atoms with van der Waals surface area (Å²) in [7, 11) is 0. The Hall–Kier alpha value is -3.35. The molecule has 3 atom stereocenters. The van der Waals surface area contributed by atoms with Crippen LogP contribution in [0.4, 0.5) is 10.5 Å². The van der Waals surface area contributed by atoms with Gasteiger partial charge in [-0.3, -0.25) is 9.59 Å². The number of hydrogen-bond acceptors (Lipinski definition) is 3. The summed E-state index contributed by atoms with van der Waals surface area (Å²) in [6.07, 6.45) is 4.58. The summed E-state index contributed by atoms with van der Waals surface area (Å²) in [4.78, 5) is 44.3. The summed E-state index contributed by atoms with van der Waals surface area (Å²) < 4.78 is 0. The summed E-state index contributed by atoms with van der Waals surface area (Å²) in [5, 5.41) is 6.15. The lowest BCUT2D eigenvalue weighted by Gasteiger charge is -2.34. The van der Waals surface area contributed by atoms with Gasteiger partial charge in [-0.05, 0) is 86.8 Å². The maximum atomic E-state index is 13.7. The van der Waals surface area contributed by atoms with Crippen molar-refractivity contribution in [1.29, 1.82) is 0 Å². The minimum Gasteiger partial charge on any atom is -0.356 e. The second-order valence-electron chi connectivity index (χ2n) is 10.9. The number of urea groups is 1. The van der Waals surface area contributed by atoms with Gasteiger partial charge in [-0.25, -0.2) is 4.79 Å². The van der Waals surface area contributed by atoms with E-state index in [0.717, 1.165) is 36.9 Å². The van der Waals surface area contributed by atoms with Crippen molar-refractivity contribution in [3.8, 4) is 0 Å². The summed E-state index contributed by atoms with van der Waals surface area (Å²) >= 11 is 0. The molecule has 2 N–H and O–H groups in total. The van der Waals surface area contributed by atoms with E-state index in [-0.39, 0.29) is 35.7 Å². The molecule has 7 heteroatoms. The van der Waals surface area contributed by atoms with E-state index in [9.17, 15) is 14.4 Å². The van der Waals surface area contributed by atoms with Gasteiger partial charge in [-0.15, -0.1) is 0 Å². The summed E-state index contributed by atoms with van der Waals surface area (Å²) in [6, 6.07) is 13.7. The Balaban J connectivity index is 1.35. The largest absolute Gasteiger partial charge is 0.356 e. The number of aryl methyl sites for hydroxylation is 2. The highest BCUT2D eigenvalue weighted by Crippen LogP contribution is 2.38. The molecule has 2 aromatic rings. The quantitative estimate of drug-likeness (QED) is 0.638. The third-order valence-corrected chi connectivity index (χ3v) is 8.45. The van der Waals surface area contributed by atoms with Crippen molar-refractivity contribution in [3.05, 3.63) is 64.7 Å². The van der Waals surface area contributed by atoms with Crippen molar-refractivity contribution in [2.24, 2.45) is 11.8 Å². The van der Waals surface area contributed by atoms with E-state index in [4.69, 9.17) is 0 Å². The number of benzene rings is 2. The molecule has 1 aliphatic carbocycles. The van der Waals surface area contributed by atoms with Gasteiger partial charge in [0.2, 0.25) is 11.8 Å². The Bertz CT molecular complexity index is 1180. The van der Waals surface area contributed by atoms with Crippen molar-refractivity contribution in [1.82, 2.24) is 15.1 Å². The van der Waals surface area contributed by atoms with Crippen LogP contribution < -0.4 is 10.6 Å². The minimum atomic E-state index is -0.380. The Morgan fingerprint density at radius 1 is 0.946 bits per heavy atom. The molecule has 0 unspecified atom stereocenters. The van der Waals surface area contributed by atoms with Crippen LogP contribution in [-0.4, -0.2) is 53.3 Å². The lowest BCUT2D eigenvalue weighted by atomic mass is 9.97. The van der Waals surface area contributed by atoms with Gasteiger partial charge >= 0.3 is 6.03 Å². The van der Waals surface area contributed by atoms with Crippen LogP contribution in [0.25, 0.3) is 0 Å². The molecule has 2 heterocycles. The normalized spacial score (nSPS) is 24.1. The maximum absolute atomic E-state index is 13.7. The zero-order valence-electron chi connectivity index (χ0n) is 22.0. The Labute approximate surface area is 219 Å². The first-order valence-corrected chi connectivity index (χ1v) is 13.7. The van der Waals surface area contributed by atoms with Crippen LogP contribution in [0.15, 0.2) is 42.5 Å². The number of nitrogens with zero attached hydrogens (tertiary/aromatic N) is 2. The molecular weight excluding hydrogens is 464 g/mol. The van der Waals surface area contributed by atoms with Crippen molar-refractivity contribution >= 4 is 23.5 Å². The minimum absolute atomic E-state index is 0.0322. The molecule has 1 saturated heterocycles. The van der Waals surface area contributed by atoms with Crippen molar-refractivity contribution in [3.63, 3.8) is 0 Å². The topological polar surface area (TPSA) is 81.8 Å². The first-order valence-electron chi connectivity index (χ1n) is 13.7. The van der Waals surface area contributed by atoms with Crippen LogP contribution in [0.5, 0.6) is 0 Å². The Morgan fingerprint density at radius 2 is 1.76 bits per heavy atom. The van der Waals surface area contributed by atoms with Crippen LogP contribution in [0.3, 0.4) is 0 Å². The molecule has 0 spiro atoms. The molecule has 2 aromatic carbocycles. The lowest BCUT2D eigenvalue weighted by Crippen LogP contribution is -2.49. The van der Waals surface area contributed by atoms with Gasteiger partial charge in [0.1, 0.15) is 0 Å². The molecule has 0 aromatic heterocycles. The van der Waals surface area contributed by atoms with E-state index in [0.29, 0.717) is 39.0 Å². The summed E-state index contributed by atoms with van der Waals surface area (Å²) in [6.45, 7) is 6.63. The number of hydrogen-bond donors (Lipinski definition) is 2. The fraction of sp³-hybridized carbons (Fsp3) is 0.500. The van der Waals surface area contributed by atoms with Gasteiger partial charge in [0.15, 0.2) is 0 Å². The zero-order chi connectivity index (χ0) is 25.9. The molecule has 5 rings (SSSR count). The zero-order valence-corrected chi connectivity index (χ0v) is 22.0. The van der Waals surface area contributed by atoms with Crippen LogP contribution >= 0.6 is 0 Å². The first-order chi connectivity index (χ1) is 17.9. The molecule has 2 fully saturated rings.